The van der Waals surface area contributed by atoms with Crippen molar-refractivity contribution in [3.63, 3.8) is 0 Å². The van der Waals surface area contributed by atoms with Crippen molar-refractivity contribution in [1.29, 1.82) is 0 Å². The van der Waals surface area contributed by atoms with Crippen molar-refractivity contribution in [2.24, 2.45) is 11.8 Å². The summed E-state index contributed by atoms with van der Waals surface area (Å²) in [4.78, 5) is 12.0. The molecule has 0 bridgehead atoms. The molecule has 0 saturated carbocycles. The lowest BCUT2D eigenvalue weighted by molar-refractivity contribution is -0.144. The van der Waals surface area contributed by atoms with E-state index in [4.69, 9.17) is 0 Å². The molecule has 2 atom stereocenters. The number of aromatic nitrogens is 2. The van der Waals surface area contributed by atoms with E-state index in [0.717, 1.165) is 24.6 Å². The molecule has 0 aliphatic carbocycles. The summed E-state index contributed by atoms with van der Waals surface area (Å²) in [7, 11) is 0. The molecular weight excluding hydrogens is 269 g/mol. The number of likely N-dealkylation sites (tertiary alicyclic amines) is 1. The van der Waals surface area contributed by atoms with E-state index in [1.165, 1.54) is 11.2 Å². The second kappa shape index (κ2) is 4.87. The zero-order valence-electron chi connectivity index (χ0n) is 11.3. The molecule has 0 aromatic carbocycles. The zero-order chi connectivity index (χ0) is 14.3. The molecule has 110 valence electrons. The molecule has 7 heteroatoms. The highest BCUT2D eigenvalue weighted by atomic mass is 19.4. The van der Waals surface area contributed by atoms with Crippen LogP contribution in [0.2, 0.25) is 0 Å². The molecule has 1 aromatic rings. The summed E-state index contributed by atoms with van der Waals surface area (Å²) in [5.41, 5.74) is 0.908. The predicted octanol–water partition coefficient (Wildman–Crippen LogP) is 1.72. The van der Waals surface area contributed by atoms with E-state index in [1.807, 2.05) is 13.0 Å². The van der Waals surface area contributed by atoms with Gasteiger partial charge in [0.25, 0.3) is 0 Å². The van der Waals surface area contributed by atoms with Crippen LogP contribution in [0.15, 0.2) is 12.4 Å². The van der Waals surface area contributed by atoms with Crippen molar-refractivity contribution < 1.29 is 13.2 Å². The van der Waals surface area contributed by atoms with Gasteiger partial charge in [-0.1, -0.05) is 0 Å². The third-order valence-electron chi connectivity index (χ3n) is 4.08. The SMILES string of the molecule is Cc1cc(N2CC3CN(CC(F)(F)F)CC3C2)ncn1. The molecule has 3 rings (SSSR count). The Kier molecular flexibility index (Phi) is 3.32. The molecule has 2 saturated heterocycles. The average molecular weight is 286 g/mol. The van der Waals surface area contributed by atoms with Crippen LogP contribution < -0.4 is 4.90 Å². The first kappa shape index (κ1) is 13.6. The van der Waals surface area contributed by atoms with Gasteiger partial charge in [0, 0.05) is 37.9 Å². The Hall–Kier alpha value is -1.37. The number of anilines is 1. The summed E-state index contributed by atoms with van der Waals surface area (Å²) in [5, 5.41) is 0. The summed E-state index contributed by atoms with van der Waals surface area (Å²) in [6.45, 7) is 3.76. The summed E-state index contributed by atoms with van der Waals surface area (Å²) in [6.07, 6.45) is -2.56. The predicted molar refractivity (Wildman–Crippen MR) is 68.5 cm³/mol. The Labute approximate surface area is 115 Å². The molecule has 3 heterocycles. The molecule has 2 aliphatic rings. The highest BCUT2D eigenvalue weighted by molar-refractivity contribution is 5.40. The first-order valence-electron chi connectivity index (χ1n) is 6.73. The Bertz CT molecular complexity index is 477. The van der Waals surface area contributed by atoms with Gasteiger partial charge in [0.2, 0.25) is 0 Å². The van der Waals surface area contributed by atoms with Crippen molar-refractivity contribution in [2.75, 3.05) is 37.6 Å². The van der Waals surface area contributed by atoms with E-state index in [-0.39, 0.29) is 0 Å². The Morgan fingerprint density at radius 3 is 2.35 bits per heavy atom. The number of hydrogen-bond acceptors (Lipinski definition) is 4. The number of hydrogen-bond donors (Lipinski definition) is 0. The normalized spacial score (nSPS) is 27.1. The summed E-state index contributed by atoms with van der Waals surface area (Å²) < 4.78 is 37.2. The van der Waals surface area contributed by atoms with Gasteiger partial charge in [-0.3, -0.25) is 4.90 Å². The van der Waals surface area contributed by atoms with Crippen LogP contribution in [0.3, 0.4) is 0 Å². The fourth-order valence-electron chi connectivity index (χ4n) is 3.27. The Morgan fingerprint density at radius 2 is 1.80 bits per heavy atom. The number of fused-ring (bicyclic) bond motifs is 1. The van der Waals surface area contributed by atoms with Crippen molar-refractivity contribution in [3.8, 4) is 0 Å². The third kappa shape index (κ3) is 2.87. The number of halogens is 3. The number of rotatable bonds is 2. The molecule has 0 spiro atoms. The molecule has 0 amide bonds. The molecule has 0 N–H and O–H groups in total. The lowest BCUT2D eigenvalue weighted by Crippen LogP contribution is -2.35. The van der Waals surface area contributed by atoms with E-state index < -0.39 is 12.7 Å². The summed E-state index contributed by atoms with van der Waals surface area (Å²) in [6, 6.07) is 1.93. The van der Waals surface area contributed by atoms with Gasteiger partial charge in [0.15, 0.2) is 0 Å². The van der Waals surface area contributed by atoms with Gasteiger partial charge >= 0.3 is 6.18 Å². The van der Waals surface area contributed by atoms with E-state index in [9.17, 15) is 13.2 Å². The first-order chi connectivity index (χ1) is 9.40. The molecule has 2 fully saturated rings. The fourth-order valence-corrected chi connectivity index (χ4v) is 3.27. The van der Waals surface area contributed by atoms with E-state index in [2.05, 4.69) is 14.9 Å². The highest BCUT2D eigenvalue weighted by Crippen LogP contribution is 2.34. The third-order valence-corrected chi connectivity index (χ3v) is 4.08. The minimum atomic E-state index is -4.10. The highest BCUT2D eigenvalue weighted by Gasteiger charge is 2.43. The summed E-state index contributed by atoms with van der Waals surface area (Å²) >= 11 is 0. The smallest absolute Gasteiger partial charge is 0.356 e. The monoisotopic (exact) mass is 286 g/mol. The average Bonchev–Trinajstić information content (AvgIpc) is 2.84. The van der Waals surface area contributed by atoms with Gasteiger partial charge in [0.1, 0.15) is 12.1 Å². The van der Waals surface area contributed by atoms with Crippen LogP contribution in [0, 0.1) is 18.8 Å². The van der Waals surface area contributed by atoms with Gasteiger partial charge in [-0.25, -0.2) is 9.97 Å². The van der Waals surface area contributed by atoms with Gasteiger partial charge in [0.05, 0.1) is 6.54 Å². The minimum Gasteiger partial charge on any atom is -0.356 e. The van der Waals surface area contributed by atoms with Crippen molar-refractivity contribution >= 4 is 5.82 Å². The van der Waals surface area contributed by atoms with Crippen LogP contribution in [0.4, 0.5) is 19.0 Å². The maximum absolute atomic E-state index is 12.4. The first-order valence-corrected chi connectivity index (χ1v) is 6.73. The lowest BCUT2D eigenvalue weighted by atomic mass is 10.0. The van der Waals surface area contributed by atoms with Gasteiger partial charge < -0.3 is 4.90 Å². The minimum absolute atomic E-state index is 0.313. The van der Waals surface area contributed by atoms with Gasteiger partial charge in [-0.05, 0) is 18.8 Å². The molecule has 4 nitrogen and oxygen atoms in total. The Balaban J connectivity index is 1.61. The van der Waals surface area contributed by atoms with E-state index >= 15 is 0 Å². The standard InChI is InChI=1S/C13H17F3N4/c1-9-2-12(18-8-17-9)20-5-10-3-19(4-11(10)6-20)7-13(14,15)16/h2,8,10-11H,3-7H2,1H3. The molecule has 2 aliphatic heterocycles. The molecule has 0 radical (unpaired) electrons. The quantitative estimate of drug-likeness (QED) is 0.828. The van der Waals surface area contributed by atoms with Crippen LogP contribution in [0.25, 0.3) is 0 Å². The van der Waals surface area contributed by atoms with Crippen molar-refractivity contribution in [3.05, 3.63) is 18.1 Å². The summed E-state index contributed by atoms with van der Waals surface area (Å²) in [5.74, 6) is 1.51. The maximum atomic E-state index is 12.4. The second-order valence-electron chi connectivity index (χ2n) is 5.75. The topological polar surface area (TPSA) is 32.3 Å². The largest absolute Gasteiger partial charge is 0.401 e. The molecule has 2 unspecified atom stereocenters. The van der Waals surface area contributed by atoms with Crippen molar-refractivity contribution in [1.82, 2.24) is 14.9 Å². The van der Waals surface area contributed by atoms with Gasteiger partial charge in [-0.15, -0.1) is 0 Å². The maximum Gasteiger partial charge on any atom is 0.401 e. The van der Waals surface area contributed by atoms with E-state index in [1.54, 1.807) is 0 Å². The van der Waals surface area contributed by atoms with Crippen LogP contribution in [-0.2, 0) is 0 Å². The number of alkyl halides is 3. The zero-order valence-corrected chi connectivity index (χ0v) is 11.3. The molecule has 1 aromatic heterocycles. The number of aryl methyl sites for hydroxylation is 1. The van der Waals surface area contributed by atoms with Crippen LogP contribution in [0.5, 0.6) is 0 Å². The molecule has 20 heavy (non-hydrogen) atoms. The fraction of sp³-hybridized carbons (Fsp3) is 0.692. The molecular formula is C13H17F3N4. The van der Waals surface area contributed by atoms with Crippen molar-refractivity contribution in [2.45, 2.75) is 13.1 Å². The van der Waals surface area contributed by atoms with Crippen LogP contribution >= 0.6 is 0 Å². The Morgan fingerprint density at radius 1 is 1.15 bits per heavy atom. The van der Waals surface area contributed by atoms with Crippen LogP contribution in [0.1, 0.15) is 5.69 Å². The lowest BCUT2D eigenvalue weighted by Gasteiger charge is -2.23. The van der Waals surface area contributed by atoms with E-state index in [0.29, 0.717) is 24.9 Å². The number of nitrogens with zero attached hydrogens (tertiary/aromatic N) is 4. The van der Waals surface area contributed by atoms with Crippen LogP contribution in [-0.4, -0.2) is 53.8 Å². The van der Waals surface area contributed by atoms with Gasteiger partial charge in [-0.2, -0.15) is 13.2 Å². The second-order valence-corrected chi connectivity index (χ2v) is 5.75.